The van der Waals surface area contributed by atoms with Crippen LogP contribution < -0.4 is 0 Å². The normalized spacial score (nSPS) is 15.0. The molecule has 0 unspecified atom stereocenters. The van der Waals surface area contributed by atoms with Crippen molar-refractivity contribution < 1.29 is 18.0 Å². The standard InChI is InChI=1S/C21H17Cl2F3N2O/c22-18-7-3-15(13-19(18)23)4-8-20(29)28-11-9-27(10-12-28)14-16-1-5-17(6-2-16)21(24,25)26/h1-3,5-7,13H,9-12,14H2. The van der Waals surface area contributed by atoms with Crippen molar-refractivity contribution >= 4 is 29.1 Å². The second-order valence-corrected chi connectivity index (χ2v) is 7.46. The molecule has 0 aromatic heterocycles. The smallest absolute Gasteiger partial charge is 0.329 e. The summed E-state index contributed by atoms with van der Waals surface area (Å²) >= 11 is 11.8. The van der Waals surface area contributed by atoms with E-state index in [0.29, 0.717) is 48.3 Å². The zero-order valence-electron chi connectivity index (χ0n) is 15.3. The van der Waals surface area contributed by atoms with Gasteiger partial charge in [0.1, 0.15) is 0 Å². The number of carbonyl (C=O) groups excluding carboxylic acids is 1. The monoisotopic (exact) mass is 440 g/mol. The topological polar surface area (TPSA) is 23.6 Å². The highest BCUT2D eigenvalue weighted by atomic mass is 35.5. The molecule has 2 aromatic rings. The summed E-state index contributed by atoms with van der Waals surface area (Å²) in [6.45, 7) is 2.81. The van der Waals surface area contributed by atoms with Crippen LogP contribution in [0.2, 0.25) is 10.0 Å². The van der Waals surface area contributed by atoms with Crippen LogP contribution in [0.5, 0.6) is 0 Å². The van der Waals surface area contributed by atoms with Crippen molar-refractivity contribution in [3.05, 3.63) is 69.2 Å². The van der Waals surface area contributed by atoms with Crippen LogP contribution >= 0.6 is 23.2 Å². The summed E-state index contributed by atoms with van der Waals surface area (Å²) in [5.74, 6) is 5.13. The van der Waals surface area contributed by atoms with E-state index >= 15 is 0 Å². The predicted octanol–water partition coefficient (Wildman–Crippen LogP) is 4.71. The van der Waals surface area contributed by atoms with E-state index in [4.69, 9.17) is 23.2 Å². The van der Waals surface area contributed by atoms with Gasteiger partial charge in [-0.3, -0.25) is 9.69 Å². The maximum absolute atomic E-state index is 12.6. The number of halogens is 5. The molecule has 1 heterocycles. The Hall–Kier alpha value is -2.20. The Bertz CT molecular complexity index is 941. The quantitative estimate of drug-likeness (QED) is 0.631. The molecule has 0 spiro atoms. The summed E-state index contributed by atoms with van der Waals surface area (Å²) in [7, 11) is 0. The van der Waals surface area contributed by atoms with Crippen LogP contribution in [-0.2, 0) is 17.5 Å². The molecule has 0 atom stereocenters. The van der Waals surface area contributed by atoms with Crippen LogP contribution in [0.25, 0.3) is 0 Å². The molecular formula is C21H17Cl2F3N2O. The molecule has 2 aromatic carbocycles. The van der Waals surface area contributed by atoms with Crippen LogP contribution in [0.4, 0.5) is 13.2 Å². The molecule has 1 amide bonds. The van der Waals surface area contributed by atoms with E-state index in [1.165, 1.54) is 12.1 Å². The number of nitrogens with zero attached hydrogens (tertiary/aromatic N) is 2. The molecule has 152 valence electrons. The third-order valence-corrected chi connectivity index (χ3v) is 5.32. The van der Waals surface area contributed by atoms with Gasteiger partial charge in [0.05, 0.1) is 15.6 Å². The molecular weight excluding hydrogens is 424 g/mol. The Balaban J connectivity index is 1.52. The number of benzene rings is 2. The van der Waals surface area contributed by atoms with Crippen LogP contribution in [0.15, 0.2) is 42.5 Å². The van der Waals surface area contributed by atoms with E-state index in [1.54, 1.807) is 23.1 Å². The minimum atomic E-state index is -4.33. The van der Waals surface area contributed by atoms with Crippen molar-refractivity contribution in [1.82, 2.24) is 9.80 Å². The molecule has 0 saturated carbocycles. The highest BCUT2D eigenvalue weighted by Gasteiger charge is 2.30. The first-order valence-corrected chi connectivity index (χ1v) is 9.62. The molecule has 0 bridgehead atoms. The molecule has 3 rings (SSSR count). The fourth-order valence-corrected chi connectivity index (χ4v) is 3.24. The maximum atomic E-state index is 12.6. The lowest BCUT2D eigenvalue weighted by molar-refractivity contribution is -0.137. The van der Waals surface area contributed by atoms with Gasteiger partial charge in [-0.15, -0.1) is 0 Å². The van der Waals surface area contributed by atoms with E-state index in [9.17, 15) is 18.0 Å². The van der Waals surface area contributed by atoms with E-state index in [0.717, 1.165) is 17.7 Å². The highest BCUT2D eigenvalue weighted by Crippen LogP contribution is 2.29. The summed E-state index contributed by atoms with van der Waals surface area (Å²) in [6, 6.07) is 10.1. The van der Waals surface area contributed by atoms with Gasteiger partial charge in [0.2, 0.25) is 0 Å². The average Bonchev–Trinajstić information content (AvgIpc) is 2.69. The lowest BCUT2D eigenvalue weighted by Gasteiger charge is -2.33. The van der Waals surface area contributed by atoms with Gasteiger partial charge in [0.15, 0.2) is 0 Å². The average molecular weight is 441 g/mol. The second kappa shape index (κ2) is 9.08. The lowest BCUT2D eigenvalue weighted by Crippen LogP contribution is -2.47. The van der Waals surface area contributed by atoms with Crippen molar-refractivity contribution in [3.8, 4) is 11.8 Å². The van der Waals surface area contributed by atoms with Crippen LogP contribution in [0.3, 0.4) is 0 Å². The number of hydrogen-bond acceptors (Lipinski definition) is 2. The minimum absolute atomic E-state index is 0.273. The molecule has 1 aliphatic rings. The lowest BCUT2D eigenvalue weighted by atomic mass is 10.1. The summed E-state index contributed by atoms with van der Waals surface area (Å²) in [6.07, 6.45) is -4.33. The first-order chi connectivity index (χ1) is 13.7. The number of hydrogen-bond donors (Lipinski definition) is 0. The molecule has 29 heavy (non-hydrogen) atoms. The van der Waals surface area contributed by atoms with Crippen molar-refractivity contribution in [2.24, 2.45) is 0 Å². The van der Waals surface area contributed by atoms with Crippen LogP contribution in [0.1, 0.15) is 16.7 Å². The minimum Gasteiger partial charge on any atom is -0.329 e. The van der Waals surface area contributed by atoms with Gasteiger partial charge in [-0.25, -0.2) is 0 Å². The Morgan fingerprint density at radius 3 is 2.21 bits per heavy atom. The SMILES string of the molecule is O=C(C#Cc1ccc(Cl)c(Cl)c1)N1CCN(Cc2ccc(C(F)(F)F)cc2)CC1. The Morgan fingerprint density at radius 2 is 1.62 bits per heavy atom. The molecule has 3 nitrogen and oxygen atoms in total. The molecule has 8 heteroatoms. The van der Waals surface area contributed by atoms with Crippen molar-refractivity contribution in [2.75, 3.05) is 26.2 Å². The fraction of sp³-hybridized carbons (Fsp3) is 0.286. The van der Waals surface area contributed by atoms with Crippen molar-refractivity contribution in [2.45, 2.75) is 12.7 Å². The molecule has 0 radical (unpaired) electrons. The molecule has 1 saturated heterocycles. The summed E-state index contributed by atoms with van der Waals surface area (Å²) in [5.41, 5.74) is 0.753. The largest absolute Gasteiger partial charge is 0.416 e. The Kier molecular flexibility index (Phi) is 6.74. The summed E-state index contributed by atoms with van der Waals surface area (Å²) in [5, 5.41) is 0.801. The third-order valence-electron chi connectivity index (χ3n) is 4.58. The van der Waals surface area contributed by atoms with Crippen LogP contribution in [0, 0.1) is 11.8 Å². The zero-order valence-corrected chi connectivity index (χ0v) is 16.8. The van der Waals surface area contributed by atoms with E-state index < -0.39 is 11.7 Å². The highest BCUT2D eigenvalue weighted by molar-refractivity contribution is 6.42. The maximum Gasteiger partial charge on any atom is 0.416 e. The number of alkyl halides is 3. The number of amides is 1. The van der Waals surface area contributed by atoms with Gasteiger partial charge in [-0.1, -0.05) is 41.3 Å². The Labute approximate surface area is 177 Å². The molecule has 0 N–H and O–H groups in total. The summed E-state index contributed by atoms with van der Waals surface area (Å²) in [4.78, 5) is 16.0. The van der Waals surface area contributed by atoms with Gasteiger partial charge >= 0.3 is 6.18 Å². The van der Waals surface area contributed by atoms with Gasteiger partial charge < -0.3 is 4.90 Å². The molecule has 1 aliphatic heterocycles. The van der Waals surface area contributed by atoms with E-state index in [2.05, 4.69) is 16.7 Å². The predicted molar refractivity (Wildman–Crippen MR) is 107 cm³/mol. The molecule has 1 fully saturated rings. The van der Waals surface area contributed by atoms with E-state index in [-0.39, 0.29) is 5.91 Å². The number of piperazine rings is 1. The summed E-state index contributed by atoms with van der Waals surface area (Å²) < 4.78 is 37.9. The van der Waals surface area contributed by atoms with Gasteiger partial charge in [-0.2, -0.15) is 13.2 Å². The van der Waals surface area contributed by atoms with Gasteiger partial charge in [-0.05, 0) is 35.9 Å². The number of carbonyl (C=O) groups is 1. The first-order valence-electron chi connectivity index (χ1n) is 8.87. The third kappa shape index (κ3) is 5.89. The van der Waals surface area contributed by atoms with Gasteiger partial charge in [0.25, 0.3) is 5.91 Å². The number of rotatable bonds is 2. The fourth-order valence-electron chi connectivity index (χ4n) is 2.94. The Morgan fingerprint density at radius 1 is 0.966 bits per heavy atom. The van der Waals surface area contributed by atoms with Gasteiger partial charge in [0, 0.05) is 44.2 Å². The van der Waals surface area contributed by atoms with Crippen molar-refractivity contribution in [1.29, 1.82) is 0 Å². The van der Waals surface area contributed by atoms with E-state index in [1.807, 2.05) is 0 Å². The molecule has 0 aliphatic carbocycles. The van der Waals surface area contributed by atoms with Crippen LogP contribution in [-0.4, -0.2) is 41.9 Å². The zero-order chi connectivity index (χ0) is 21.0. The second-order valence-electron chi connectivity index (χ2n) is 6.64. The first kappa shape index (κ1) is 21.5. The van der Waals surface area contributed by atoms with Crippen molar-refractivity contribution in [3.63, 3.8) is 0 Å².